The fourth-order valence-electron chi connectivity index (χ4n) is 4.54. The van der Waals surface area contributed by atoms with Gasteiger partial charge in [0.2, 0.25) is 0 Å². The Labute approximate surface area is 176 Å². The van der Waals surface area contributed by atoms with Crippen LogP contribution in [0.1, 0.15) is 0 Å². The van der Waals surface area contributed by atoms with Gasteiger partial charge in [0.05, 0.1) is 0 Å². The molecule has 0 atom stereocenters. The molecule has 21 heteroatoms. The van der Waals surface area contributed by atoms with E-state index in [9.17, 15) is 0 Å². The topological polar surface area (TPSA) is 111 Å². The molecule has 0 spiro atoms. The third-order valence-electron chi connectivity index (χ3n) is 4.45. The Morgan fingerprint density at radius 3 is 0.379 bits per heavy atom. The van der Waals surface area contributed by atoms with Crippen LogP contribution in [0.15, 0.2) is 0 Å². The van der Waals surface area contributed by atoms with Crippen LogP contribution in [0, 0.1) is 0 Å². The van der Waals surface area contributed by atoms with E-state index in [4.69, 9.17) is 49.4 Å². The molecule has 0 aromatic heterocycles. The average molecular weight is 556 g/mol. The van der Waals surface area contributed by atoms with Crippen molar-refractivity contribution in [2.24, 2.45) is 0 Å². The van der Waals surface area contributed by atoms with Crippen LogP contribution in [-0.2, 0) is 49.4 Å². The highest BCUT2D eigenvalue weighted by atomic mass is 28.6. The highest BCUT2D eigenvalue weighted by Crippen LogP contribution is 2.47. The van der Waals surface area contributed by atoms with E-state index in [0.29, 0.717) is 0 Å². The molecule has 6 fully saturated rings. The maximum absolute atomic E-state index is 6.39. The summed E-state index contributed by atoms with van der Waals surface area (Å²) < 4.78 is 76.7. The fourth-order valence-corrected chi connectivity index (χ4v) is 49.9. The molecule has 168 valence electrons. The Balaban J connectivity index is 0.00000205. The van der Waals surface area contributed by atoms with E-state index in [1.807, 2.05) is 0 Å². The monoisotopic (exact) mass is 555 g/mol. The summed E-state index contributed by atoms with van der Waals surface area (Å²) in [6, 6.07) is 0. The van der Waals surface area contributed by atoms with Crippen LogP contribution in [0.2, 0.25) is 52.4 Å². The maximum atomic E-state index is 6.39. The number of hydrogen-bond acceptors (Lipinski definition) is 12. The standard InChI is InChI=1S/C8H24O12Si8.FH/c1-21-9-22(2)12-25(5)14-23(3,10-21)16-27(7)17-24(4,11-21)15-26(6,13-22)19-28(8,18-25)20-27;/h1-8H3;1H/p-1. The van der Waals surface area contributed by atoms with E-state index >= 15 is 0 Å². The first kappa shape index (κ1) is 23.3. The zero-order valence-electron chi connectivity index (χ0n) is 17.3. The summed E-state index contributed by atoms with van der Waals surface area (Å²) in [6.07, 6.45) is 0. The number of halogens is 1. The van der Waals surface area contributed by atoms with E-state index in [-0.39, 0.29) is 4.70 Å². The summed E-state index contributed by atoms with van der Waals surface area (Å²) in [7, 11) is -27.2. The molecule has 0 aliphatic carbocycles. The van der Waals surface area contributed by atoms with E-state index in [1.54, 1.807) is 52.4 Å². The van der Waals surface area contributed by atoms with E-state index < -0.39 is 70.4 Å². The molecule has 0 saturated carbocycles. The Morgan fingerprint density at radius 2 is 0.310 bits per heavy atom. The van der Waals surface area contributed by atoms with E-state index in [0.717, 1.165) is 0 Å². The van der Waals surface area contributed by atoms with E-state index in [1.165, 1.54) is 0 Å². The molecule has 0 unspecified atom stereocenters. The molecule has 29 heavy (non-hydrogen) atoms. The first-order valence-corrected chi connectivity index (χ1v) is 26.7. The van der Waals surface area contributed by atoms with E-state index in [2.05, 4.69) is 0 Å². The largest absolute Gasteiger partial charge is 1.00 e. The van der Waals surface area contributed by atoms with Gasteiger partial charge >= 0.3 is 70.4 Å². The van der Waals surface area contributed by atoms with Crippen LogP contribution in [0.4, 0.5) is 0 Å². The van der Waals surface area contributed by atoms with Gasteiger partial charge in [-0.2, -0.15) is 0 Å². The van der Waals surface area contributed by atoms with Crippen molar-refractivity contribution in [1.29, 1.82) is 0 Å². The molecular weight excluding hydrogens is 532 g/mol. The minimum Gasteiger partial charge on any atom is -1.00 e. The van der Waals surface area contributed by atoms with Gasteiger partial charge in [0.15, 0.2) is 0 Å². The highest BCUT2D eigenvalue weighted by Gasteiger charge is 2.78. The van der Waals surface area contributed by atoms with Gasteiger partial charge in [-0.05, 0) is 0 Å². The average Bonchev–Trinajstić information content (AvgIpc) is 2.22. The minimum atomic E-state index is -3.40. The molecular formula is C8H24FO12Si8-. The van der Waals surface area contributed by atoms with Crippen molar-refractivity contribution in [3.63, 3.8) is 0 Å². The molecule has 0 aromatic rings. The zero-order valence-corrected chi connectivity index (χ0v) is 25.3. The molecule has 6 aliphatic heterocycles. The van der Waals surface area contributed by atoms with Crippen molar-refractivity contribution >= 4 is 70.4 Å². The Kier molecular flexibility index (Phi) is 4.99. The van der Waals surface area contributed by atoms with Crippen molar-refractivity contribution in [2.45, 2.75) is 52.4 Å². The van der Waals surface area contributed by atoms with Gasteiger partial charge in [-0.15, -0.1) is 0 Å². The third kappa shape index (κ3) is 4.03. The predicted molar refractivity (Wildman–Crippen MR) is 106 cm³/mol. The highest BCUT2D eigenvalue weighted by molar-refractivity contribution is 7.02. The van der Waals surface area contributed by atoms with Crippen molar-refractivity contribution < 1.29 is 54.1 Å². The first-order valence-electron chi connectivity index (χ1n) is 8.90. The molecule has 6 heterocycles. The van der Waals surface area contributed by atoms with Crippen LogP contribution >= 0.6 is 0 Å². The van der Waals surface area contributed by atoms with Crippen LogP contribution in [-0.4, -0.2) is 70.4 Å². The molecule has 8 bridgehead atoms. The summed E-state index contributed by atoms with van der Waals surface area (Å²) in [5.41, 5.74) is 0. The van der Waals surface area contributed by atoms with Gasteiger partial charge in [-0.25, -0.2) is 0 Å². The van der Waals surface area contributed by atoms with Crippen LogP contribution < -0.4 is 4.70 Å². The third-order valence-corrected chi connectivity index (χ3v) is 40.0. The van der Waals surface area contributed by atoms with Gasteiger partial charge in [0.1, 0.15) is 0 Å². The van der Waals surface area contributed by atoms with Crippen molar-refractivity contribution in [3.8, 4) is 0 Å². The minimum absolute atomic E-state index is 0. The second-order valence-corrected chi connectivity index (χ2v) is 31.7. The maximum Gasteiger partial charge on any atom is 0.475 e. The SMILES string of the molecule is C[Si]12O[Si]3(C)O[Si]4(C)O[Si](C)(O1)O[Si]1(C)O[Si](C)(O2)O[Si](C)(O3)O[Si](C)(O4)O1.[F-]. The van der Waals surface area contributed by atoms with Gasteiger partial charge < -0.3 is 54.1 Å². The summed E-state index contributed by atoms with van der Waals surface area (Å²) in [4.78, 5) is 0. The second kappa shape index (κ2) is 6.19. The van der Waals surface area contributed by atoms with Crippen LogP contribution in [0.3, 0.4) is 0 Å². The van der Waals surface area contributed by atoms with Crippen molar-refractivity contribution in [2.75, 3.05) is 0 Å². The lowest BCUT2D eigenvalue weighted by Crippen LogP contribution is -3.00. The van der Waals surface area contributed by atoms with Gasteiger partial charge in [-0.3, -0.25) is 0 Å². The molecule has 6 aliphatic rings. The Morgan fingerprint density at radius 1 is 0.241 bits per heavy atom. The second-order valence-electron chi connectivity index (χ2n) is 8.12. The number of hydrogen-bond donors (Lipinski definition) is 0. The predicted octanol–water partition coefficient (Wildman–Crippen LogP) is -2.19. The molecule has 6 rings (SSSR count). The van der Waals surface area contributed by atoms with Crippen molar-refractivity contribution in [1.82, 2.24) is 0 Å². The zero-order chi connectivity index (χ0) is 20.5. The lowest BCUT2D eigenvalue weighted by molar-refractivity contribution is -0.0178. The molecule has 0 radical (unpaired) electrons. The summed E-state index contributed by atoms with van der Waals surface area (Å²) in [6.45, 7) is 14.0. The van der Waals surface area contributed by atoms with Gasteiger partial charge in [-0.1, -0.05) is 0 Å². The number of rotatable bonds is 0. The summed E-state index contributed by atoms with van der Waals surface area (Å²) in [5, 5.41) is 0. The first-order chi connectivity index (χ1) is 12.5. The quantitative estimate of drug-likeness (QED) is 0.303. The van der Waals surface area contributed by atoms with Crippen LogP contribution in [0.5, 0.6) is 0 Å². The smallest absolute Gasteiger partial charge is 0.475 e. The normalized spacial score (nSPS) is 63.7. The Bertz CT molecular complexity index is 496. The summed E-state index contributed by atoms with van der Waals surface area (Å²) >= 11 is 0. The lowest BCUT2D eigenvalue weighted by atomic mass is 11.9. The lowest BCUT2D eigenvalue weighted by Gasteiger charge is -2.60. The molecule has 0 aromatic carbocycles. The van der Waals surface area contributed by atoms with Crippen molar-refractivity contribution in [3.05, 3.63) is 0 Å². The molecule has 12 nitrogen and oxygen atoms in total. The van der Waals surface area contributed by atoms with Gasteiger partial charge in [0.25, 0.3) is 0 Å². The molecule has 0 N–H and O–H groups in total. The Hall–Kier alpha value is 1.19. The molecule has 0 amide bonds. The molecule has 6 saturated heterocycles. The fraction of sp³-hybridized carbons (Fsp3) is 1.00. The van der Waals surface area contributed by atoms with Crippen LogP contribution in [0.25, 0.3) is 0 Å². The summed E-state index contributed by atoms with van der Waals surface area (Å²) in [5.74, 6) is 0. The van der Waals surface area contributed by atoms with Gasteiger partial charge in [0, 0.05) is 52.4 Å².